The summed E-state index contributed by atoms with van der Waals surface area (Å²) in [6.45, 7) is 3.15. The van der Waals surface area contributed by atoms with Crippen LogP contribution in [0.1, 0.15) is 24.6 Å². The van der Waals surface area contributed by atoms with E-state index >= 15 is 0 Å². The molecular formula is C14H17F3N4O. The summed E-state index contributed by atoms with van der Waals surface area (Å²) in [4.78, 5) is 13.4. The maximum Gasteiger partial charge on any atom is 0.433 e. The summed E-state index contributed by atoms with van der Waals surface area (Å²) in [5.41, 5.74) is -0.929. The van der Waals surface area contributed by atoms with Crippen molar-refractivity contribution in [2.45, 2.75) is 25.6 Å². The van der Waals surface area contributed by atoms with E-state index in [-0.39, 0.29) is 17.4 Å². The average molecular weight is 314 g/mol. The minimum absolute atomic E-state index is 0.0673. The molecule has 2 heterocycles. The largest absolute Gasteiger partial charge is 0.433 e. The smallest absolute Gasteiger partial charge is 0.372 e. The maximum absolute atomic E-state index is 12.2. The Kier molecular flexibility index (Phi) is 6.31. The number of hydrogen-bond acceptors (Lipinski definition) is 5. The number of alkyl halides is 3. The fraction of sp³-hybridized carbons (Fsp3) is 0.500. The SMILES string of the molecule is CC1CNC(C=O)C1.CNc1nc(C(F)(F)F)ccc1C#N. The third-order valence-corrected chi connectivity index (χ3v) is 3.09. The molecule has 1 saturated heterocycles. The van der Waals surface area contributed by atoms with Gasteiger partial charge in [0.05, 0.1) is 11.6 Å². The van der Waals surface area contributed by atoms with Crippen molar-refractivity contribution in [3.05, 3.63) is 23.4 Å². The molecule has 0 bridgehead atoms. The van der Waals surface area contributed by atoms with Gasteiger partial charge in [-0.2, -0.15) is 18.4 Å². The second-order valence-corrected chi connectivity index (χ2v) is 4.94. The van der Waals surface area contributed by atoms with Crippen LogP contribution in [-0.2, 0) is 11.0 Å². The maximum atomic E-state index is 12.2. The highest BCUT2D eigenvalue weighted by Crippen LogP contribution is 2.29. The molecule has 8 heteroatoms. The van der Waals surface area contributed by atoms with Gasteiger partial charge in [0.25, 0.3) is 0 Å². The van der Waals surface area contributed by atoms with Crippen molar-refractivity contribution in [1.82, 2.24) is 10.3 Å². The molecule has 0 saturated carbocycles. The number of nitrogens with zero attached hydrogens (tertiary/aromatic N) is 2. The molecule has 1 aliphatic rings. The van der Waals surface area contributed by atoms with E-state index in [9.17, 15) is 18.0 Å². The Balaban J connectivity index is 0.000000255. The average Bonchev–Trinajstić information content (AvgIpc) is 2.92. The fourth-order valence-electron chi connectivity index (χ4n) is 1.95. The van der Waals surface area contributed by atoms with Crippen LogP contribution in [0.2, 0.25) is 0 Å². The summed E-state index contributed by atoms with van der Waals surface area (Å²) < 4.78 is 36.5. The van der Waals surface area contributed by atoms with Crippen molar-refractivity contribution < 1.29 is 18.0 Å². The van der Waals surface area contributed by atoms with Gasteiger partial charge in [-0.1, -0.05) is 6.92 Å². The first-order valence-electron chi connectivity index (χ1n) is 6.66. The summed E-state index contributed by atoms with van der Waals surface area (Å²) in [7, 11) is 1.41. The summed E-state index contributed by atoms with van der Waals surface area (Å²) in [6, 6.07) is 3.74. The van der Waals surface area contributed by atoms with E-state index < -0.39 is 11.9 Å². The van der Waals surface area contributed by atoms with Gasteiger partial charge in [-0.05, 0) is 31.0 Å². The first kappa shape index (κ1) is 17.9. The van der Waals surface area contributed by atoms with Crippen molar-refractivity contribution in [3.8, 4) is 6.07 Å². The summed E-state index contributed by atoms with van der Waals surface area (Å²) in [6.07, 6.45) is -2.48. The van der Waals surface area contributed by atoms with E-state index in [1.807, 2.05) is 0 Å². The number of pyridine rings is 1. The second kappa shape index (κ2) is 7.75. The van der Waals surface area contributed by atoms with Crippen molar-refractivity contribution in [1.29, 1.82) is 5.26 Å². The molecule has 120 valence electrons. The van der Waals surface area contributed by atoms with Gasteiger partial charge in [0, 0.05) is 7.05 Å². The molecule has 22 heavy (non-hydrogen) atoms. The highest BCUT2D eigenvalue weighted by Gasteiger charge is 2.32. The number of aromatic nitrogens is 1. The molecule has 0 radical (unpaired) electrons. The van der Waals surface area contributed by atoms with Crippen LogP contribution in [0, 0.1) is 17.2 Å². The van der Waals surface area contributed by atoms with Gasteiger partial charge in [-0.25, -0.2) is 4.98 Å². The highest BCUT2D eigenvalue weighted by molar-refractivity contribution is 5.58. The van der Waals surface area contributed by atoms with E-state index in [1.165, 1.54) is 7.05 Å². The molecule has 2 atom stereocenters. The molecule has 0 aliphatic carbocycles. The van der Waals surface area contributed by atoms with E-state index in [4.69, 9.17) is 5.26 Å². The number of hydrogen-bond donors (Lipinski definition) is 2. The number of aldehydes is 1. The number of nitrogens with one attached hydrogen (secondary N) is 2. The minimum Gasteiger partial charge on any atom is -0.372 e. The van der Waals surface area contributed by atoms with E-state index in [0.717, 1.165) is 31.4 Å². The Hall–Kier alpha value is -2.14. The van der Waals surface area contributed by atoms with Gasteiger partial charge < -0.3 is 15.4 Å². The van der Waals surface area contributed by atoms with Crippen molar-refractivity contribution in [3.63, 3.8) is 0 Å². The molecule has 0 aromatic carbocycles. The Morgan fingerprint density at radius 3 is 2.55 bits per heavy atom. The molecule has 2 rings (SSSR count). The number of carbonyl (C=O) groups excluding carboxylic acids is 1. The summed E-state index contributed by atoms with van der Waals surface area (Å²) >= 11 is 0. The van der Waals surface area contributed by atoms with Gasteiger partial charge in [-0.15, -0.1) is 0 Å². The fourth-order valence-corrected chi connectivity index (χ4v) is 1.95. The van der Waals surface area contributed by atoms with Crippen LogP contribution in [0.5, 0.6) is 0 Å². The van der Waals surface area contributed by atoms with Crippen LogP contribution in [0.15, 0.2) is 12.1 Å². The first-order chi connectivity index (χ1) is 10.3. The lowest BCUT2D eigenvalue weighted by molar-refractivity contribution is -0.141. The monoisotopic (exact) mass is 314 g/mol. The van der Waals surface area contributed by atoms with Gasteiger partial charge in [0.1, 0.15) is 23.9 Å². The predicted octanol–water partition coefficient (Wildman–Crippen LogP) is 2.20. The zero-order chi connectivity index (χ0) is 16.8. The van der Waals surface area contributed by atoms with Crippen LogP contribution in [-0.4, -0.2) is 30.9 Å². The number of halogens is 3. The number of rotatable bonds is 2. The number of anilines is 1. The molecule has 0 amide bonds. The predicted molar refractivity (Wildman–Crippen MR) is 75.1 cm³/mol. The third-order valence-electron chi connectivity index (χ3n) is 3.09. The molecule has 0 spiro atoms. The van der Waals surface area contributed by atoms with Crippen LogP contribution in [0.25, 0.3) is 0 Å². The van der Waals surface area contributed by atoms with Gasteiger partial charge in [0.15, 0.2) is 0 Å². The summed E-state index contributed by atoms with van der Waals surface area (Å²) in [5.74, 6) is 0.618. The lowest BCUT2D eigenvalue weighted by Gasteiger charge is -2.08. The van der Waals surface area contributed by atoms with Crippen LogP contribution in [0.4, 0.5) is 19.0 Å². The van der Waals surface area contributed by atoms with E-state index in [1.54, 1.807) is 6.07 Å². The molecule has 1 fully saturated rings. The van der Waals surface area contributed by atoms with Crippen LogP contribution in [0.3, 0.4) is 0 Å². The normalized spacial score (nSPS) is 20.5. The van der Waals surface area contributed by atoms with Crippen LogP contribution >= 0.6 is 0 Å². The molecule has 1 aliphatic heterocycles. The quantitative estimate of drug-likeness (QED) is 0.818. The highest BCUT2D eigenvalue weighted by atomic mass is 19.4. The van der Waals surface area contributed by atoms with Gasteiger partial charge in [0.2, 0.25) is 0 Å². The van der Waals surface area contributed by atoms with Gasteiger partial charge >= 0.3 is 6.18 Å². The zero-order valence-corrected chi connectivity index (χ0v) is 12.2. The molecule has 1 aromatic heterocycles. The van der Waals surface area contributed by atoms with E-state index in [0.29, 0.717) is 5.92 Å². The Bertz CT molecular complexity index is 554. The third kappa shape index (κ3) is 5.00. The van der Waals surface area contributed by atoms with Gasteiger partial charge in [-0.3, -0.25) is 0 Å². The van der Waals surface area contributed by atoms with Crippen LogP contribution < -0.4 is 10.6 Å². The van der Waals surface area contributed by atoms with Crippen molar-refractivity contribution >= 4 is 12.1 Å². The Morgan fingerprint density at radius 2 is 2.18 bits per heavy atom. The second-order valence-electron chi connectivity index (χ2n) is 4.94. The zero-order valence-electron chi connectivity index (χ0n) is 12.2. The molecule has 1 aromatic rings. The first-order valence-corrected chi connectivity index (χ1v) is 6.66. The van der Waals surface area contributed by atoms with Crippen molar-refractivity contribution in [2.24, 2.45) is 5.92 Å². The summed E-state index contributed by atoms with van der Waals surface area (Å²) in [5, 5.41) is 14.0. The molecule has 5 nitrogen and oxygen atoms in total. The number of carbonyl (C=O) groups is 1. The van der Waals surface area contributed by atoms with Crippen molar-refractivity contribution in [2.75, 3.05) is 18.9 Å². The topological polar surface area (TPSA) is 77.8 Å². The Labute approximate surface area is 126 Å². The van der Waals surface area contributed by atoms with E-state index in [2.05, 4.69) is 22.5 Å². The molecule has 2 N–H and O–H groups in total. The lowest BCUT2D eigenvalue weighted by Crippen LogP contribution is -2.22. The molecule has 2 unspecified atom stereocenters. The lowest BCUT2D eigenvalue weighted by atomic mass is 10.1. The molecular weight excluding hydrogens is 297 g/mol. The standard InChI is InChI=1S/C8H6F3N3.C6H11NO/c1-13-7-5(4-12)2-3-6(14-7)8(9,10)11;1-5-2-6(4-8)7-3-5/h2-3H,1H3,(H,13,14);4-7H,2-3H2,1H3. The Morgan fingerprint density at radius 1 is 1.50 bits per heavy atom. The minimum atomic E-state index is -4.49. The number of nitriles is 1.